The number of nitrogens with one attached hydrogen (secondary N) is 1. The van der Waals surface area contributed by atoms with E-state index in [0.717, 1.165) is 6.26 Å². The topological polar surface area (TPSA) is 97.1 Å². The smallest absolute Gasteiger partial charge is 0.208 e. The van der Waals surface area contributed by atoms with Gasteiger partial charge in [-0.1, -0.05) is 28.9 Å². The molecule has 1 heterocycles. The molecule has 1 unspecified atom stereocenters. The van der Waals surface area contributed by atoms with Crippen molar-refractivity contribution in [1.82, 2.24) is 19.7 Å². The lowest BCUT2D eigenvalue weighted by molar-refractivity contribution is 0.215. The largest absolute Gasteiger partial charge is 0.382 e. The number of rotatable bonds is 6. The minimum atomic E-state index is -3.22. The van der Waals surface area contributed by atoms with E-state index >= 15 is 0 Å². The lowest BCUT2D eigenvalue weighted by atomic mass is 10.1. The summed E-state index contributed by atoms with van der Waals surface area (Å²) >= 11 is 5.79. The molecule has 0 saturated heterocycles. The second kappa shape index (κ2) is 6.52. The van der Waals surface area contributed by atoms with Gasteiger partial charge in [0.25, 0.3) is 0 Å². The van der Waals surface area contributed by atoms with Crippen molar-refractivity contribution in [3.8, 4) is 0 Å². The third kappa shape index (κ3) is 4.78. The van der Waals surface area contributed by atoms with Crippen molar-refractivity contribution >= 4 is 21.6 Å². The molecule has 0 aliphatic rings. The summed E-state index contributed by atoms with van der Waals surface area (Å²) in [5.74, 6) is 0. The number of aliphatic hydroxyl groups excluding tert-OH is 1. The van der Waals surface area contributed by atoms with Crippen LogP contribution in [0.2, 0.25) is 5.02 Å². The summed E-state index contributed by atoms with van der Waals surface area (Å²) in [4.78, 5) is 0. The Labute approximate surface area is 127 Å². The maximum Gasteiger partial charge on any atom is 0.208 e. The highest BCUT2D eigenvalue weighted by molar-refractivity contribution is 7.88. The van der Waals surface area contributed by atoms with Gasteiger partial charge in [0.2, 0.25) is 10.0 Å². The fourth-order valence-corrected chi connectivity index (χ4v) is 2.30. The number of halogens is 1. The molecule has 2 aromatic rings. The first-order valence-corrected chi connectivity index (χ1v) is 8.40. The molecule has 2 rings (SSSR count). The van der Waals surface area contributed by atoms with Gasteiger partial charge in [-0.25, -0.2) is 13.1 Å². The fraction of sp³-hybridized carbons (Fsp3) is 0.333. The number of benzene rings is 1. The van der Waals surface area contributed by atoms with Crippen molar-refractivity contribution in [3.63, 3.8) is 0 Å². The Balaban J connectivity index is 2.00. The molecule has 1 atom stereocenters. The van der Waals surface area contributed by atoms with Crippen LogP contribution in [0.15, 0.2) is 30.5 Å². The summed E-state index contributed by atoms with van der Waals surface area (Å²) in [5, 5.41) is 18.5. The maximum absolute atomic E-state index is 10.9. The second-order valence-corrected chi connectivity index (χ2v) is 6.80. The lowest BCUT2D eigenvalue weighted by Crippen LogP contribution is -2.26. The zero-order valence-electron chi connectivity index (χ0n) is 11.3. The van der Waals surface area contributed by atoms with E-state index in [0.29, 0.717) is 22.8 Å². The predicted octanol–water partition coefficient (Wildman–Crippen LogP) is 0.562. The van der Waals surface area contributed by atoms with Gasteiger partial charge in [-0.15, -0.1) is 5.10 Å². The van der Waals surface area contributed by atoms with Crippen LogP contribution >= 0.6 is 11.6 Å². The Morgan fingerprint density at radius 2 is 2.05 bits per heavy atom. The summed E-state index contributed by atoms with van der Waals surface area (Å²) in [6.07, 6.45) is 1.76. The molecule has 0 aliphatic carbocycles. The van der Waals surface area contributed by atoms with Crippen molar-refractivity contribution in [2.24, 2.45) is 0 Å². The Morgan fingerprint density at radius 3 is 2.67 bits per heavy atom. The van der Waals surface area contributed by atoms with Crippen LogP contribution < -0.4 is 4.72 Å². The minimum Gasteiger partial charge on any atom is -0.382 e. The number of sulfonamides is 1. The first kappa shape index (κ1) is 15.9. The van der Waals surface area contributed by atoms with Crippen LogP contribution in [0.25, 0.3) is 0 Å². The van der Waals surface area contributed by atoms with E-state index in [2.05, 4.69) is 15.0 Å². The van der Waals surface area contributed by atoms with Crippen LogP contribution in [0.5, 0.6) is 0 Å². The Hall–Kier alpha value is -1.48. The molecule has 0 amide bonds. The number of hydrogen-bond acceptors (Lipinski definition) is 5. The van der Waals surface area contributed by atoms with Gasteiger partial charge in [0, 0.05) is 11.6 Å². The summed E-state index contributed by atoms with van der Waals surface area (Å²) in [7, 11) is -3.22. The highest BCUT2D eigenvalue weighted by Crippen LogP contribution is 2.21. The molecule has 2 N–H and O–H groups in total. The standard InChI is InChI=1S/C12H15ClN4O3S/c1-21(19,20)14-6-7-17-8-11(15-16-17)12(18)9-2-4-10(13)5-3-9/h2-5,8,12,14,18H,6-7H2,1H3. The van der Waals surface area contributed by atoms with Gasteiger partial charge in [0.1, 0.15) is 11.8 Å². The van der Waals surface area contributed by atoms with Crippen molar-refractivity contribution in [2.75, 3.05) is 12.8 Å². The molecule has 0 radical (unpaired) electrons. The minimum absolute atomic E-state index is 0.207. The van der Waals surface area contributed by atoms with Crippen molar-refractivity contribution in [1.29, 1.82) is 0 Å². The van der Waals surface area contributed by atoms with E-state index in [-0.39, 0.29) is 6.54 Å². The third-order valence-electron chi connectivity index (χ3n) is 2.73. The molecule has 0 aliphatic heterocycles. The van der Waals surface area contributed by atoms with E-state index < -0.39 is 16.1 Å². The van der Waals surface area contributed by atoms with Crippen LogP contribution in [0.1, 0.15) is 17.4 Å². The van der Waals surface area contributed by atoms with E-state index in [4.69, 9.17) is 11.6 Å². The zero-order chi connectivity index (χ0) is 15.5. The summed E-state index contributed by atoms with van der Waals surface area (Å²) in [6, 6.07) is 6.77. The molecule has 9 heteroatoms. The van der Waals surface area contributed by atoms with Gasteiger partial charge in [-0.05, 0) is 17.7 Å². The molecule has 0 fully saturated rings. The lowest BCUT2D eigenvalue weighted by Gasteiger charge is -2.07. The van der Waals surface area contributed by atoms with E-state index in [1.807, 2.05) is 0 Å². The highest BCUT2D eigenvalue weighted by atomic mass is 35.5. The van der Waals surface area contributed by atoms with E-state index in [9.17, 15) is 13.5 Å². The van der Waals surface area contributed by atoms with Crippen LogP contribution in [0.3, 0.4) is 0 Å². The summed E-state index contributed by atoms with van der Waals surface area (Å²) in [5.41, 5.74) is 1.04. The Bertz CT molecular complexity index is 700. The van der Waals surface area contributed by atoms with Crippen LogP contribution in [0.4, 0.5) is 0 Å². The Morgan fingerprint density at radius 1 is 1.38 bits per heavy atom. The average molecular weight is 331 g/mol. The zero-order valence-corrected chi connectivity index (χ0v) is 12.8. The molecule has 1 aromatic carbocycles. The van der Waals surface area contributed by atoms with Crippen LogP contribution in [0, 0.1) is 0 Å². The van der Waals surface area contributed by atoms with E-state index in [1.165, 1.54) is 4.68 Å². The molecular weight excluding hydrogens is 316 g/mol. The molecule has 7 nitrogen and oxygen atoms in total. The molecule has 0 saturated carbocycles. The number of aromatic nitrogens is 3. The molecular formula is C12H15ClN4O3S. The van der Waals surface area contributed by atoms with Crippen LogP contribution in [-0.2, 0) is 16.6 Å². The first-order valence-electron chi connectivity index (χ1n) is 6.13. The summed E-state index contributed by atoms with van der Waals surface area (Å²) < 4.78 is 25.7. The van der Waals surface area contributed by atoms with Gasteiger partial charge < -0.3 is 5.11 Å². The Kier molecular flexibility index (Phi) is 4.94. The monoisotopic (exact) mass is 330 g/mol. The second-order valence-electron chi connectivity index (χ2n) is 4.53. The molecule has 21 heavy (non-hydrogen) atoms. The quantitative estimate of drug-likeness (QED) is 0.806. The fourth-order valence-electron chi connectivity index (χ4n) is 1.71. The molecule has 0 bridgehead atoms. The van der Waals surface area contributed by atoms with Gasteiger partial charge in [0.05, 0.1) is 19.0 Å². The molecule has 1 aromatic heterocycles. The normalized spacial score (nSPS) is 13.3. The number of hydrogen-bond donors (Lipinski definition) is 2. The first-order chi connectivity index (χ1) is 9.85. The highest BCUT2D eigenvalue weighted by Gasteiger charge is 2.14. The van der Waals surface area contributed by atoms with Crippen molar-refractivity contribution in [3.05, 3.63) is 46.7 Å². The van der Waals surface area contributed by atoms with Gasteiger partial charge in [-0.3, -0.25) is 4.68 Å². The van der Waals surface area contributed by atoms with E-state index in [1.54, 1.807) is 30.5 Å². The molecule has 0 spiro atoms. The SMILES string of the molecule is CS(=O)(=O)NCCn1cc(C(O)c2ccc(Cl)cc2)nn1. The summed E-state index contributed by atoms with van der Waals surface area (Å²) in [6.45, 7) is 0.534. The van der Waals surface area contributed by atoms with Crippen molar-refractivity contribution in [2.45, 2.75) is 12.6 Å². The van der Waals surface area contributed by atoms with Gasteiger partial charge in [0.15, 0.2) is 0 Å². The number of aliphatic hydroxyl groups is 1. The van der Waals surface area contributed by atoms with Crippen LogP contribution in [-0.4, -0.2) is 41.3 Å². The van der Waals surface area contributed by atoms with Crippen molar-refractivity contribution < 1.29 is 13.5 Å². The van der Waals surface area contributed by atoms with Gasteiger partial charge in [-0.2, -0.15) is 0 Å². The maximum atomic E-state index is 10.9. The third-order valence-corrected chi connectivity index (χ3v) is 3.71. The van der Waals surface area contributed by atoms with Gasteiger partial charge >= 0.3 is 0 Å². The predicted molar refractivity (Wildman–Crippen MR) is 78.4 cm³/mol. The number of nitrogens with zero attached hydrogens (tertiary/aromatic N) is 3. The average Bonchev–Trinajstić information content (AvgIpc) is 2.86. The molecule has 114 valence electrons.